The molecule has 0 heterocycles. The highest BCUT2D eigenvalue weighted by Crippen LogP contribution is 2.25. The molecule has 0 unspecified atom stereocenters. The fourth-order valence-corrected chi connectivity index (χ4v) is 2.94. The van der Waals surface area contributed by atoms with E-state index in [1.54, 1.807) is 13.8 Å². The van der Waals surface area contributed by atoms with Crippen LogP contribution >= 0.6 is 0 Å². The van der Waals surface area contributed by atoms with Crippen LogP contribution in [0.5, 0.6) is 0 Å². The van der Waals surface area contributed by atoms with E-state index in [1.807, 2.05) is 62.4 Å². The van der Waals surface area contributed by atoms with Crippen LogP contribution in [0.2, 0.25) is 0 Å². The lowest BCUT2D eigenvalue weighted by molar-refractivity contribution is -0.147. The van der Waals surface area contributed by atoms with Gasteiger partial charge >= 0.3 is 11.9 Å². The second-order valence-electron chi connectivity index (χ2n) is 8.22. The van der Waals surface area contributed by atoms with Gasteiger partial charge in [0.15, 0.2) is 0 Å². The number of carbonyl (C=O) groups is 2. The third-order valence-electron chi connectivity index (χ3n) is 5.29. The quantitative estimate of drug-likeness (QED) is 0.292. The first-order valence-corrected chi connectivity index (χ1v) is 10.1. The van der Waals surface area contributed by atoms with E-state index in [-0.39, 0.29) is 11.9 Å². The van der Waals surface area contributed by atoms with E-state index in [9.17, 15) is 9.59 Å². The summed E-state index contributed by atoms with van der Waals surface area (Å²) in [6.45, 7) is 8.13. The zero-order valence-corrected chi connectivity index (χ0v) is 19.6. The van der Waals surface area contributed by atoms with Gasteiger partial charge in [0.25, 0.3) is 0 Å². The van der Waals surface area contributed by atoms with Crippen LogP contribution in [0, 0.1) is 0 Å². The minimum atomic E-state index is -0.675. The summed E-state index contributed by atoms with van der Waals surface area (Å²) >= 11 is 0. The van der Waals surface area contributed by atoms with Crippen LogP contribution in [0.1, 0.15) is 49.9 Å². The highest BCUT2D eigenvalue weighted by atomic mass is 16.5. The van der Waals surface area contributed by atoms with Crippen molar-refractivity contribution in [1.29, 1.82) is 0 Å². The summed E-state index contributed by atoms with van der Waals surface area (Å²) in [7, 11) is 2.78. The van der Waals surface area contributed by atoms with Crippen molar-refractivity contribution in [1.82, 2.24) is 0 Å². The lowest BCUT2D eigenvalue weighted by atomic mass is 9.84. The molecular formula is C24H32N4O4. The maximum atomic E-state index is 11.6. The van der Waals surface area contributed by atoms with Gasteiger partial charge in [0, 0.05) is 11.5 Å². The average molecular weight is 441 g/mol. The van der Waals surface area contributed by atoms with Gasteiger partial charge in [-0.15, -0.1) is 0 Å². The first-order valence-electron chi connectivity index (χ1n) is 10.1. The van der Waals surface area contributed by atoms with E-state index in [4.69, 9.17) is 20.7 Å². The average Bonchev–Trinajstić information content (AvgIpc) is 2.82. The Kier molecular flexibility index (Phi) is 9.91. The summed E-state index contributed by atoms with van der Waals surface area (Å²) in [6.07, 6.45) is 0. The third-order valence-corrected chi connectivity index (χ3v) is 5.29. The van der Waals surface area contributed by atoms with Gasteiger partial charge < -0.3 is 15.2 Å². The van der Waals surface area contributed by atoms with Crippen molar-refractivity contribution in [3.8, 4) is 0 Å². The summed E-state index contributed by atoms with van der Waals surface area (Å²) in [5, 5.41) is 3.47. The Morgan fingerprint density at radius 3 is 1.53 bits per heavy atom. The number of esters is 2. The van der Waals surface area contributed by atoms with E-state index < -0.39 is 10.8 Å². The lowest BCUT2D eigenvalue weighted by Gasteiger charge is -2.22. The summed E-state index contributed by atoms with van der Waals surface area (Å²) in [6, 6.07) is 15.1. The fourth-order valence-electron chi connectivity index (χ4n) is 2.94. The molecule has 0 aliphatic carbocycles. The number of methoxy groups -OCH3 is 2. The number of nitrogens with zero attached hydrogens (tertiary/aromatic N) is 3. The smallest absolute Gasteiger partial charge is 0.315 e. The zero-order chi connectivity index (χ0) is 24.4. The molecule has 0 radical (unpaired) electrons. The number of carbonyl (C=O) groups excluding carboxylic acids is 2. The minimum Gasteiger partial charge on any atom is -0.468 e. The molecular weight excluding hydrogens is 408 g/mol. The number of hydrogen-bond acceptors (Lipinski definition) is 6. The molecule has 0 bridgehead atoms. The van der Waals surface area contributed by atoms with Crippen molar-refractivity contribution in [2.45, 2.75) is 51.6 Å². The van der Waals surface area contributed by atoms with Crippen molar-refractivity contribution < 1.29 is 19.1 Å². The number of nitrogens with two attached hydrogens (primary N) is 1. The highest BCUT2D eigenvalue weighted by Gasteiger charge is 2.31. The van der Waals surface area contributed by atoms with Crippen molar-refractivity contribution in [2.75, 3.05) is 14.2 Å². The Bertz CT molecular complexity index is 945. The Hall–Kier alpha value is -3.35. The number of azide groups is 1. The largest absolute Gasteiger partial charge is 0.468 e. The van der Waals surface area contributed by atoms with Crippen LogP contribution < -0.4 is 5.73 Å². The van der Waals surface area contributed by atoms with Gasteiger partial charge in [-0.05, 0) is 55.5 Å². The highest BCUT2D eigenvalue weighted by molar-refractivity contribution is 5.82. The molecule has 0 saturated heterocycles. The summed E-state index contributed by atoms with van der Waals surface area (Å²) < 4.78 is 9.52. The molecule has 0 amide bonds. The molecule has 2 aromatic carbocycles. The van der Waals surface area contributed by atoms with Gasteiger partial charge in [-0.25, -0.2) is 0 Å². The second kappa shape index (κ2) is 11.9. The normalized spacial score (nSPS) is 10.8. The molecule has 0 saturated carbocycles. The van der Waals surface area contributed by atoms with Crippen molar-refractivity contribution in [3.05, 3.63) is 81.2 Å². The molecule has 0 aliphatic heterocycles. The van der Waals surface area contributed by atoms with Crippen molar-refractivity contribution in [3.63, 3.8) is 0 Å². The van der Waals surface area contributed by atoms with E-state index in [0.717, 1.165) is 22.3 Å². The van der Waals surface area contributed by atoms with Crippen LogP contribution in [0.25, 0.3) is 10.4 Å². The van der Waals surface area contributed by atoms with Crippen molar-refractivity contribution in [2.24, 2.45) is 10.8 Å². The second-order valence-corrected chi connectivity index (χ2v) is 8.22. The van der Waals surface area contributed by atoms with Crippen LogP contribution in [0.3, 0.4) is 0 Å². The molecule has 0 spiro atoms. The van der Waals surface area contributed by atoms with Gasteiger partial charge in [-0.1, -0.05) is 53.6 Å². The summed E-state index contributed by atoms with van der Waals surface area (Å²) in [5.41, 5.74) is 16.2. The first-order chi connectivity index (χ1) is 15.0. The molecule has 0 fully saturated rings. The van der Waals surface area contributed by atoms with Crippen LogP contribution in [0.4, 0.5) is 0 Å². The molecule has 0 aromatic heterocycles. The number of hydrogen-bond donors (Lipinski definition) is 1. The minimum absolute atomic E-state index is 0.233. The molecule has 2 rings (SSSR count). The molecule has 8 nitrogen and oxygen atoms in total. The molecule has 0 atom stereocenters. The molecule has 172 valence electrons. The molecule has 0 aliphatic rings. The van der Waals surface area contributed by atoms with E-state index in [0.29, 0.717) is 13.1 Å². The maximum absolute atomic E-state index is 11.6. The van der Waals surface area contributed by atoms with Gasteiger partial charge in [-0.2, -0.15) is 0 Å². The summed E-state index contributed by atoms with van der Waals surface area (Å²) in [4.78, 5) is 25.8. The number of rotatable bonds is 7. The van der Waals surface area contributed by atoms with Crippen molar-refractivity contribution >= 4 is 11.9 Å². The third kappa shape index (κ3) is 6.83. The van der Waals surface area contributed by atoms with Gasteiger partial charge in [-0.3, -0.25) is 9.59 Å². The first kappa shape index (κ1) is 26.7. The van der Waals surface area contributed by atoms with Gasteiger partial charge in [0.05, 0.1) is 31.6 Å². The lowest BCUT2D eigenvalue weighted by Crippen LogP contribution is -2.30. The molecule has 8 heteroatoms. The van der Waals surface area contributed by atoms with E-state index >= 15 is 0 Å². The van der Waals surface area contributed by atoms with Gasteiger partial charge in [0.2, 0.25) is 0 Å². The predicted molar refractivity (Wildman–Crippen MR) is 124 cm³/mol. The predicted octanol–water partition coefficient (Wildman–Crippen LogP) is 4.54. The van der Waals surface area contributed by atoms with E-state index in [2.05, 4.69) is 10.0 Å². The van der Waals surface area contributed by atoms with E-state index in [1.165, 1.54) is 14.2 Å². The zero-order valence-electron chi connectivity index (χ0n) is 19.6. The monoisotopic (exact) mass is 440 g/mol. The van der Waals surface area contributed by atoms with Crippen LogP contribution in [0.15, 0.2) is 53.6 Å². The Balaban J connectivity index is 0.000000323. The standard InChI is InChI=1S/C12H15N3O2.C12H17NO2/c1-12(2,11(16)17-3)10-6-4-9(5-7-10)8-14-15-13;1-12(2,11(14)15-3)10-6-4-9(8-13)5-7-10/h4-7H,8H2,1-3H3;4-7H,8,13H2,1-3H3. The summed E-state index contributed by atoms with van der Waals surface area (Å²) in [5.74, 6) is -0.511. The van der Waals surface area contributed by atoms with Gasteiger partial charge in [0.1, 0.15) is 0 Å². The SMILES string of the molecule is COC(=O)C(C)(C)c1ccc(CN)cc1.COC(=O)C(C)(C)c1ccc(CN=[N+]=[N-])cc1. The molecule has 2 aromatic rings. The molecule has 32 heavy (non-hydrogen) atoms. The Labute approximate surface area is 189 Å². The maximum Gasteiger partial charge on any atom is 0.315 e. The Morgan fingerprint density at radius 2 is 1.22 bits per heavy atom. The van der Waals surface area contributed by atoms with Crippen LogP contribution in [-0.4, -0.2) is 26.2 Å². The number of ether oxygens (including phenoxy) is 2. The Morgan fingerprint density at radius 1 is 0.844 bits per heavy atom. The van der Waals surface area contributed by atoms with Crippen LogP contribution in [-0.2, 0) is 43.0 Å². The molecule has 2 N–H and O–H groups in total. The fraction of sp³-hybridized carbons (Fsp3) is 0.417. The number of benzene rings is 2. The topological polar surface area (TPSA) is 127 Å².